The van der Waals surface area contributed by atoms with Gasteiger partial charge in [-0.25, -0.2) is 4.39 Å². The van der Waals surface area contributed by atoms with E-state index in [2.05, 4.69) is 0 Å². The summed E-state index contributed by atoms with van der Waals surface area (Å²) in [4.78, 5) is 13.8. The van der Waals surface area contributed by atoms with E-state index in [0.29, 0.717) is 43.2 Å². The molecule has 1 amide bonds. The summed E-state index contributed by atoms with van der Waals surface area (Å²) in [5, 5.41) is 0. The highest BCUT2D eigenvalue weighted by atomic mass is 19.1. The van der Waals surface area contributed by atoms with Crippen molar-refractivity contribution in [3.05, 3.63) is 59.9 Å². The van der Waals surface area contributed by atoms with Gasteiger partial charge in [0, 0.05) is 25.6 Å². The zero-order valence-electron chi connectivity index (χ0n) is 14.0. The number of carbonyl (C=O) groups is 1. The minimum atomic E-state index is -0.283. The summed E-state index contributed by atoms with van der Waals surface area (Å²) < 4.78 is 23.9. The van der Waals surface area contributed by atoms with Crippen LogP contribution in [0.3, 0.4) is 0 Å². The molecule has 0 radical (unpaired) electrons. The molecule has 4 nitrogen and oxygen atoms in total. The Bertz CT molecular complexity index is 658. The van der Waals surface area contributed by atoms with Gasteiger partial charge >= 0.3 is 0 Å². The van der Waals surface area contributed by atoms with Crippen molar-refractivity contribution in [1.29, 1.82) is 0 Å². The standard InChI is InChI=1S/C19H22FNO3/c1-3-21(2)19(22)15-6-4-7-18(14-15)24-13-5-12-23-17-10-8-16(20)9-11-17/h4,6-11,14H,3,5,12-13H2,1-2H3. The van der Waals surface area contributed by atoms with Gasteiger partial charge in [-0.2, -0.15) is 0 Å². The number of nitrogens with zero attached hydrogens (tertiary/aromatic N) is 1. The first-order chi connectivity index (χ1) is 11.6. The van der Waals surface area contributed by atoms with E-state index in [1.807, 2.05) is 13.0 Å². The molecule has 0 aliphatic heterocycles. The second kappa shape index (κ2) is 8.91. The Kier molecular flexibility index (Phi) is 6.61. The molecule has 0 fully saturated rings. The molecule has 0 spiro atoms. The van der Waals surface area contributed by atoms with Gasteiger partial charge in [0.05, 0.1) is 13.2 Å². The number of carbonyl (C=O) groups excluding carboxylic acids is 1. The molecular formula is C19H22FNO3. The molecule has 0 heterocycles. The minimum Gasteiger partial charge on any atom is -0.493 e. The van der Waals surface area contributed by atoms with E-state index in [4.69, 9.17) is 9.47 Å². The highest BCUT2D eigenvalue weighted by molar-refractivity contribution is 5.94. The number of benzene rings is 2. The lowest BCUT2D eigenvalue weighted by atomic mass is 10.2. The van der Waals surface area contributed by atoms with Crippen molar-refractivity contribution in [2.75, 3.05) is 26.8 Å². The quantitative estimate of drug-likeness (QED) is 0.691. The molecule has 0 aliphatic rings. The molecule has 2 rings (SSSR count). The minimum absolute atomic E-state index is 0.0254. The molecule has 2 aromatic carbocycles. The average molecular weight is 331 g/mol. The van der Waals surface area contributed by atoms with Crippen LogP contribution in [-0.2, 0) is 0 Å². The van der Waals surface area contributed by atoms with E-state index in [9.17, 15) is 9.18 Å². The van der Waals surface area contributed by atoms with Gasteiger partial charge in [0.1, 0.15) is 17.3 Å². The van der Waals surface area contributed by atoms with Crippen molar-refractivity contribution in [3.8, 4) is 11.5 Å². The van der Waals surface area contributed by atoms with Gasteiger partial charge in [-0.05, 0) is 49.4 Å². The number of halogens is 1. The number of hydrogen-bond donors (Lipinski definition) is 0. The van der Waals surface area contributed by atoms with Crippen molar-refractivity contribution in [1.82, 2.24) is 4.90 Å². The fourth-order valence-electron chi connectivity index (χ4n) is 2.05. The summed E-state index contributed by atoms with van der Waals surface area (Å²) in [6.45, 7) is 3.54. The van der Waals surface area contributed by atoms with Gasteiger partial charge in [0.2, 0.25) is 0 Å². The lowest BCUT2D eigenvalue weighted by molar-refractivity contribution is 0.0802. The van der Waals surface area contributed by atoms with Crippen molar-refractivity contribution < 1.29 is 18.7 Å². The van der Waals surface area contributed by atoms with Crippen LogP contribution in [0.25, 0.3) is 0 Å². The van der Waals surface area contributed by atoms with E-state index in [1.54, 1.807) is 42.3 Å². The van der Waals surface area contributed by atoms with Crippen LogP contribution in [0, 0.1) is 5.82 Å². The Hall–Kier alpha value is -2.56. The van der Waals surface area contributed by atoms with E-state index in [0.717, 1.165) is 0 Å². The zero-order valence-corrected chi connectivity index (χ0v) is 14.0. The van der Waals surface area contributed by atoms with E-state index >= 15 is 0 Å². The lowest BCUT2D eigenvalue weighted by Gasteiger charge is -2.15. The monoisotopic (exact) mass is 331 g/mol. The number of hydrogen-bond acceptors (Lipinski definition) is 3. The fraction of sp³-hybridized carbons (Fsp3) is 0.316. The van der Waals surface area contributed by atoms with Gasteiger partial charge in [-0.3, -0.25) is 4.79 Å². The summed E-state index contributed by atoms with van der Waals surface area (Å²) in [5.74, 6) is 0.982. The summed E-state index contributed by atoms with van der Waals surface area (Å²) in [6.07, 6.45) is 0.685. The van der Waals surface area contributed by atoms with Crippen molar-refractivity contribution in [2.45, 2.75) is 13.3 Å². The van der Waals surface area contributed by atoms with Crippen molar-refractivity contribution in [3.63, 3.8) is 0 Å². The SMILES string of the molecule is CCN(C)C(=O)c1cccc(OCCCOc2ccc(F)cc2)c1. The van der Waals surface area contributed by atoms with Crippen LogP contribution >= 0.6 is 0 Å². The molecule has 0 saturated heterocycles. The van der Waals surface area contributed by atoms with Crippen LogP contribution in [0.15, 0.2) is 48.5 Å². The first kappa shape index (κ1) is 17.8. The fourth-order valence-corrected chi connectivity index (χ4v) is 2.05. The molecule has 0 atom stereocenters. The second-order valence-electron chi connectivity index (χ2n) is 5.35. The highest BCUT2D eigenvalue weighted by Gasteiger charge is 2.10. The maximum absolute atomic E-state index is 12.8. The van der Waals surface area contributed by atoms with Crippen LogP contribution in [0.1, 0.15) is 23.7 Å². The average Bonchev–Trinajstić information content (AvgIpc) is 2.62. The summed E-state index contributed by atoms with van der Waals surface area (Å²) >= 11 is 0. The van der Waals surface area contributed by atoms with Crippen LogP contribution in [0.5, 0.6) is 11.5 Å². The molecule has 128 valence electrons. The maximum Gasteiger partial charge on any atom is 0.253 e. The Labute approximate surface area is 141 Å². The van der Waals surface area contributed by atoms with Crippen LogP contribution in [-0.4, -0.2) is 37.6 Å². The van der Waals surface area contributed by atoms with Gasteiger partial charge in [-0.1, -0.05) is 6.07 Å². The Morgan fingerprint density at radius 2 is 1.71 bits per heavy atom. The third kappa shape index (κ3) is 5.26. The predicted molar refractivity (Wildman–Crippen MR) is 91.1 cm³/mol. The molecule has 2 aromatic rings. The Morgan fingerprint density at radius 1 is 1.04 bits per heavy atom. The highest BCUT2D eigenvalue weighted by Crippen LogP contribution is 2.15. The van der Waals surface area contributed by atoms with E-state index in [1.165, 1.54) is 12.1 Å². The van der Waals surface area contributed by atoms with Crippen LogP contribution in [0.2, 0.25) is 0 Å². The van der Waals surface area contributed by atoms with Crippen molar-refractivity contribution >= 4 is 5.91 Å². The first-order valence-electron chi connectivity index (χ1n) is 7.97. The van der Waals surface area contributed by atoms with E-state index < -0.39 is 0 Å². The number of ether oxygens (including phenoxy) is 2. The zero-order chi connectivity index (χ0) is 17.4. The van der Waals surface area contributed by atoms with Crippen molar-refractivity contribution in [2.24, 2.45) is 0 Å². The summed E-state index contributed by atoms with van der Waals surface area (Å²) in [7, 11) is 1.77. The molecule has 24 heavy (non-hydrogen) atoms. The smallest absolute Gasteiger partial charge is 0.253 e. The molecule has 0 unspecified atom stereocenters. The molecule has 0 bridgehead atoms. The van der Waals surface area contributed by atoms with Crippen LogP contribution < -0.4 is 9.47 Å². The first-order valence-corrected chi connectivity index (χ1v) is 7.97. The van der Waals surface area contributed by atoms with Gasteiger partial charge in [0.15, 0.2) is 0 Å². The van der Waals surface area contributed by atoms with Gasteiger partial charge in [-0.15, -0.1) is 0 Å². The molecule has 5 heteroatoms. The van der Waals surface area contributed by atoms with Crippen LogP contribution in [0.4, 0.5) is 4.39 Å². The molecule has 0 aliphatic carbocycles. The summed E-state index contributed by atoms with van der Waals surface area (Å²) in [5.41, 5.74) is 0.611. The normalized spacial score (nSPS) is 10.3. The number of rotatable bonds is 8. The molecule has 0 N–H and O–H groups in total. The summed E-state index contributed by atoms with van der Waals surface area (Å²) in [6, 6.07) is 13.1. The molecule has 0 saturated carbocycles. The number of amides is 1. The largest absolute Gasteiger partial charge is 0.493 e. The third-order valence-corrected chi connectivity index (χ3v) is 3.54. The molecular weight excluding hydrogens is 309 g/mol. The second-order valence-corrected chi connectivity index (χ2v) is 5.35. The van der Waals surface area contributed by atoms with Gasteiger partial charge < -0.3 is 14.4 Å². The third-order valence-electron chi connectivity index (χ3n) is 3.54. The maximum atomic E-state index is 12.8. The molecule has 0 aromatic heterocycles. The Balaban J connectivity index is 1.76. The van der Waals surface area contributed by atoms with Gasteiger partial charge in [0.25, 0.3) is 5.91 Å². The predicted octanol–water partition coefficient (Wildman–Crippen LogP) is 3.77. The Morgan fingerprint density at radius 3 is 2.38 bits per heavy atom. The topological polar surface area (TPSA) is 38.8 Å². The lowest BCUT2D eigenvalue weighted by Crippen LogP contribution is -2.26. The van der Waals surface area contributed by atoms with E-state index in [-0.39, 0.29) is 11.7 Å².